The molecule has 12 heavy (non-hydrogen) atoms. The lowest BCUT2D eigenvalue weighted by molar-refractivity contribution is 0.334. The van der Waals surface area contributed by atoms with Crippen molar-refractivity contribution in [1.29, 1.82) is 5.26 Å². The highest BCUT2D eigenvalue weighted by Crippen LogP contribution is 2.07. The van der Waals surface area contributed by atoms with Crippen LogP contribution in [0.5, 0.6) is 0 Å². The first kappa shape index (κ1) is 11.2. The van der Waals surface area contributed by atoms with Gasteiger partial charge in [0.2, 0.25) is 0 Å². The van der Waals surface area contributed by atoms with Gasteiger partial charge in [-0.25, -0.2) is 0 Å². The lowest BCUT2D eigenvalue weighted by atomic mass is 10.1. The Bertz CT molecular complexity index is 191. The largest absolute Gasteiger partial charge is 0.392 e. The van der Waals surface area contributed by atoms with Gasteiger partial charge in [-0.15, -0.1) is 0 Å². The molecule has 0 saturated carbocycles. The van der Waals surface area contributed by atoms with Gasteiger partial charge in [-0.1, -0.05) is 11.6 Å². The van der Waals surface area contributed by atoms with Crippen LogP contribution in [-0.4, -0.2) is 36.8 Å². The number of hydrogen-bond acceptors (Lipinski definition) is 3. The third-order valence-corrected chi connectivity index (χ3v) is 1.73. The molecule has 3 nitrogen and oxygen atoms in total. The molecule has 1 N–H and O–H groups in total. The van der Waals surface area contributed by atoms with Gasteiger partial charge >= 0.3 is 0 Å². The number of nitriles is 1. The maximum atomic E-state index is 8.73. The summed E-state index contributed by atoms with van der Waals surface area (Å²) in [5, 5.41) is 17.3. The third-order valence-electron chi connectivity index (χ3n) is 1.73. The highest BCUT2D eigenvalue weighted by molar-refractivity contribution is 5.06. The Morgan fingerprint density at radius 2 is 2.25 bits per heavy atom. The van der Waals surface area contributed by atoms with E-state index in [9.17, 15) is 0 Å². The summed E-state index contributed by atoms with van der Waals surface area (Å²) in [6.45, 7) is 1.97. The van der Waals surface area contributed by atoms with Crippen LogP contribution in [0.2, 0.25) is 0 Å². The Kier molecular flexibility index (Phi) is 5.35. The summed E-state index contributed by atoms with van der Waals surface area (Å²) in [4.78, 5) is 1.87. The Morgan fingerprint density at radius 1 is 1.67 bits per heavy atom. The van der Waals surface area contributed by atoms with Crippen molar-refractivity contribution in [2.75, 3.05) is 20.7 Å². The molecule has 0 aliphatic heterocycles. The third kappa shape index (κ3) is 4.12. The predicted octanol–water partition coefficient (Wildman–Crippen LogP) is 0.769. The lowest BCUT2D eigenvalue weighted by Crippen LogP contribution is -2.26. The average molecular weight is 168 g/mol. The van der Waals surface area contributed by atoms with Gasteiger partial charge in [0.05, 0.1) is 12.7 Å². The summed E-state index contributed by atoms with van der Waals surface area (Å²) in [5.41, 5.74) is 1.05. The van der Waals surface area contributed by atoms with Gasteiger partial charge < -0.3 is 5.11 Å². The predicted molar refractivity (Wildman–Crippen MR) is 48.5 cm³/mol. The van der Waals surface area contributed by atoms with E-state index < -0.39 is 0 Å². The summed E-state index contributed by atoms with van der Waals surface area (Å²) >= 11 is 0. The molecule has 1 unspecified atom stereocenters. The van der Waals surface area contributed by atoms with E-state index in [4.69, 9.17) is 10.4 Å². The fourth-order valence-electron chi connectivity index (χ4n) is 0.888. The zero-order chi connectivity index (χ0) is 9.56. The standard InChI is InChI=1S/C9H16N2O/c1-8(4-5-12)6-9(7-10)11(2)3/h4,9,12H,5-6H2,1-3H3/b8-4+. The first-order chi connectivity index (χ1) is 5.61. The van der Waals surface area contributed by atoms with Crippen molar-refractivity contribution < 1.29 is 5.11 Å². The van der Waals surface area contributed by atoms with E-state index in [1.54, 1.807) is 6.08 Å². The van der Waals surface area contributed by atoms with Crippen LogP contribution in [0.1, 0.15) is 13.3 Å². The number of aliphatic hydroxyl groups excluding tert-OH is 1. The van der Waals surface area contributed by atoms with Crippen LogP contribution in [0.4, 0.5) is 0 Å². The summed E-state index contributed by atoms with van der Waals surface area (Å²) in [6.07, 6.45) is 2.43. The van der Waals surface area contributed by atoms with Crippen molar-refractivity contribution in [3.8, 4) is 6.07 Å². The van der Waals surface area contributed by atoms with Gasteiger partial charge in [0.25, 0.3) is 0 Å². The van der Waals surface area contributed by atoms with Crippen LogP contribution in [0.25, 0.3) is 0 Å². The van der Waals surface area contributed by atoms with Crippen molar-refractivity contribution in [1.82, 2.24) is 4.90 Å². The van der Waals surface area contributed by atoms with Gasteiger partial charge in [0.15, 0.2) is 0 Å². The van der Waals surface area contributed by atoms with E-state index in [0.29, 0.717) is 6.42 Å². The molecule has 0 aliphatic carbocycles. The number of nitrogens with zero attached hydrogens (tertiary/aromatic N) is 2. The van der Waals surface area contributed by atoms with Crippen LogP contribution >= 0.6 is 0 Å². The minimum Gasteiger partial charge on any atom is -0.392 e. The van der Waals surface area contributed by atoms with Gasteiger partial charge in [0.1, 0.15) is 6.04 Å². The molecule has 0 saturated heterocycles. The molecule has 0 radical (unpaired) electrons. The molecule has 0 aromatic carbocycles. The number of aliphatic hydroxyl groups is 1. The molecule has 68 valence electrons. The van der Waals surface area contributed by atoms with E-state index in [1.807, 2.05) is 25.9 Å². The van der Waals surface area contributed by atoms with Crippen molar-refractivity contribution in [2.24, 2.45) is 0 Å². The first-order valence-corrected chi connectivity index (χ1v) is 3.94. The van der Waals surface area contributed by atoms with E-state index >= 15 is 0 Å². The minimum atomic E-state index is -0.0900. The normalized spacial score (nSPS) is 14.5. The molecule has 0 spiro atoms. The lowest BCUT2D eigenvalue weighted by Gasteiger charge is -2.16. The van der Waals surface area contributed by atoms with E-state index in [0.717, 1.165) is 5.57 Å². The molecule has 0 heterocycles. The van der Waals surface area contributed by atoms with E-state index in [1.165, 1.54) is 0 Å². The molecular formula is C9H16N2O. The Labute approximate surface area is 73.9 Å². The van der Waals surface area contributed by atoms with Crippen LogP contribution in [0, 0.1) is 11.3 Å². The molecule has 0 rings (SSSR count). The molecule has 0 amide bonds. The van der Waals surface area contributed by atoms with Crippen molar-refractivity contribution in [3.05, 3.63) is 11.6 Å². The zero-order valence-electron chi connectivity index (χ0n) is 7.91. The molecule has 0 aromatic rings. The molecule has 0 aromatic heterocycles. The molecule has 0 fully saturated rings. The topological polar surface area (TPSA) is 47.3 Å². The average Bonchev–Trinajstić information content (AvgIpc) is 2.00. The SMILES string of the molecule is C/C(=C\CO)CC(C#N)N(C)C. The van der Waals surface area contributed by atoms with Crippen LogP contribution < -0.4 is 0 Å². The first-order valence-electron chi connectivity index (χ1n) is 3.94. The van der Waals surface area contributed by atoms with Gasteiger partial charge in [-0.3, -0.25) is 4.90 Å². The Balaban J connectivity index is 4.05. The molecule has 0 bridgehead atoms. The summed E-state index contributed by atoms with van der Waals surface area (Å²) in [5.74, 6) is 0. The number of rotatable bonds is 4. The van der Waals surface area contributed by atoms with Crippen LogP contribution in [0.15, 0.2) is 11.6 Å². The van der Waals surface area contributed by atoms with Crippen molar-refractivity contribution in [3.63, 3.8) is 0 Å². The second-order valence-corrected chi connectivity index (χ2v) is 3.05. The fourth-order valence-corrected chi connectivity index (χ4v) is 0.888. The van der Waals surface area contributed by atoms with Crippen molar-refractivity contribution in [2.45, 2.75) is 19.4 Å². The van der Waals surface area contributed by atoms with Gasteiger partial charge in [-0.05, 0) is 27.4 Å². The highest BCUT2D eigenvalue weighted by Gasteiger charge is 2.09. The van der Waals surface area contributed by atoms with Crippen molar-refractivity contribution >= 4 is 0 Å². The molecule has 3 heteroatoms. The quantitative estimate of drug-likeness (QED) is 0.631. The van der Waals surface area contributed by atoms with E-state index in [2.05, 4.69) is 6.07 Å². The smallest absolute Gasteiger partial charge is 0.101 e. The van der Waals surface area contributed by atoms with Gasteiger partial charge in [0, 0.05) is 0 Å². The van der Waals surface area contributed by atoms with Crippen LogP contribution in [0.3, 0.4) is 0 Å². The maximum absolute atomic E-state index is 8.73. The maximum Gasteiger partial charge on any atom is 0.101 e. The molecular weight excluding hydrogens is 152 g/mol. The highest BCUT2D eigenvalue weighted by atomic mass is 16.2. The second-order valence-electron chi connectivity index (χ2n) is 3.05. The van der Waals surface area contributed by atoms with Gasteiger partial charge in [-0.2, -0.15) is 5.26 Å². The number of hydrogen-bond donors (Lipinski definition) is 1. The second kappa shape index (κ2) is 5.76. The summed E-state index contributed by atoms with van der Waals surface area (Å²) in [7, 11) is 3.75. The Morgan fingerprint density at radius 3 is 2.58 bits per heavy atom. The zero-order valence-corrected chi connectivity index (χ0v) is 7.91. The van der Waals surface area contributed by atoms with Crippen LogP contribution in [-0.2, 0) is 0 Å². The monoisotopic (exact) mass is 168 g/mol. The fraction of sp³-hybridized carbons (Fsp3) is 0.667. The molecule has 1 atom stereocenters. The summed E-state index contributed by atoms with van der Waals surface area (Å²) in [6, 6.07) is 2.10. The minimum absolute atomic E-state index is 0.0530. The molecule has 0 aliphatic rings. The Hall–Kier alpha value is -0.850. The van der Waals surface area contributed by atoms with E-state index in [-0.39, 0.29) is 12.6 Å². The summed E-state index contributed by atoms with van der Waals surface area (Å²) < 4.78 is 0.